The van der Waals surface area contributed by atoms with Crippen LogP contribution in [-0.4, -0.2) is 31.0 Å². The van der Waals surface area contributed by atoms with E-state index >= 15 is 0 Å². The first-order valence-electron chi connectivity index (χ1n) is 5.82. The fourth-order valence-electron chi connectivity index (χ4n) is 2.51. The summed E-state index contributed by atoms with van der Waals surface area (Å²) < 4.78 is 23.1. The molecule has 0 saturated carbocycles. The minimum Gasteiger partial charge on any atom is -0.481 e. The van der Waals surface area contributed by atoms with E-state index in [9.17, 15) is 18.3 Å². The van der Waals surface area contributed by atoms with E-state index in [1.165, 1.54) is 0 Å². The minimum atomic E-state index is -3.21. The Morgan fingerprint density at radius 2 is 2.17 bits per heavy atom. The van der Waals surface area contributed by atoms with Gasteiger partial charge in [-0.25, -0.2) is 8.42 Å². The van der Waals surface area contributed by atoms with Gasteiger partial charge in [-0.3, -0.25) is 4.79 Å². The molecule has 0 aliphatic carbocycles. The smallest absolute Gasteiger partial charge is 0.311 e. The predicted molar refractivity (Wildman–Crippen MR) is 68.2 cm³/mol. The molecule has 1 heterocycles. The maximum absolute atomic E-state index is 11.5. The van der Waals surface area contributed by atoms with E-state index in [0.717, 1.165) is 11.1 Å². The van der Waals surface area contributed by atoms with Crippen molar-refractivity contribution < 1.29 is 18.3 Å². The summed E-state index contributed by atoms with van der Waals surface area (Å²) in [6, 6.07) is 7.56. The molecule has 4 nitrogen and oxygen atoms in total. The molecule has 0 radical (unpaired) electrons. The number of aliphatic carboxylic acids is 1. The Morgan fingerprint density at radius 1 is 1.44 bits per heavy atom. The molecule has 1 fully saturated rings. The molecule has 1 aromatic carbocycles. The quantitative estimate of drug-likeness (QED) is 0.900. The highest BCUT2D eigenvalue weighted by Crippen LogP contribution is 2.36. The average molecular weight is 268 g/mol. The van der Waals surface area contributed by atoms with E-state index in [1.54, 1.807) is 0 Å². The molecule has 5 heteroatoms. The van der Waals surface area contributed by atoms with Crippen molar-refractivity contribution in [3.05, 3.63) is 35.4 Å². The molecule has 0 aromatic heterocycles. The molecule has 1 atom stereocenters. The molecule has 1 unspecified atom stereocenters. The van der Waals surface area contributed by atoms with Crippen LogP contribution in [0.1, 0.15) is 17.5 Å². The third kappa shape index (κ3) is 2.56. The lowest BCUT2D eigenvalue weighted by Gasteiger charge is -2.22. The highest BCUT2D eigenvalue weighted by Gasteiger charge is 2.48. The zero-order chi connectivity index (χ0) is 13.4. The van der Waals surface area contributed by atoms with E-state index in [0.29, 0.717) is 0 Å². The highest BCUT2D eigenvalue weighted by atomic mass is 32.2. The Hall–Kier alpha value is -1.36. The minimum absolute atomic E-state index is 0.0227. The highest BCUT2D eigenvalue weighted by molar-refractivity contribution is 7.91. The van der Waals surface area contributed by atoms with Gasteiger partial charge in [-0.05, 0) is 25.3 Å². The van der Waals surface area contributed by atoms with Crippen LogP contribution >= 0.6 is 0 Å². The first-order valence-corrected chi connectivity index (χ1v) is 7.65. The van der Waals surface area contributed by atoms with E-state index in [1.807, 2.05) is 31.2 Å². The summed E-state index contributed by atoms with van der Waals surface area (Å²) in [6.07, 6.45) is 0.488. The van der Waals surface area contributed by atoms with Gasteiger partial charge in [0, 0.05) is 0 Å². The van der Waals surface area contributed by atoms with Crippen molar-refractivity contribution in [2.45, 2.75) is 19.8 Å². The Balaban J connectivity index is 2.31. The Kier molecular flexibility index (Phi) is 3.19. The van der Waals surface area contributed by atoms with Gasteiger partial charge in [0.25, 0.3) is 0 Å². The van der Waals surface area contributed by atoms with Crippen molar-refractivity contribution in [1.29, 1.82) is 0 Å². The molecule has 1 aliphatic rings. The van der Waals surface area contributed by atoms with Crippen molar-refractivity contribution >= 4 is 15.8 Å². The maximum Gasteiger partial charge on any atom is 0.311 e. The van der Waals surface area contributed by atoms with E-state index in [2.05, 4.69) is 0 Å². The van der Waals surface area contributed by atoms with Crippen LogP contribution in [-0.2, 0) is 21.1 Å². The van der Waals surface area contributed by atoms with Gasteiger partial charge in [-0.1, -0.05) is 29.8 Å². The van der Waals surface area contributed by atoms with Crippen LogP contribution < -0.4 is 0 Å². The van der Waals surface area contributed by atoms with Crippen molar-refractivity contribution in [2.75, 3.05) is 11.5 Å². The summed E-state index contributed by atoms with van der Waals surface area (Å²) >= 11 is 0. The first kappa shape index (κ1) is 13.1. The summed E-state index contributed by atoms with van der Waals surface area (Å²) in [4.78, 5) is 11.4. The Morgan fingerprint density at radius 3 is 2.67 bits per heavy atom. The molecular formula is C13H16O4S. The molecule has 0 spiro atoms. The Bertz CT molecular complexity index is 576. The van der Waals surface area contributed by atoms with Gasteiger partial charge < -0.3 is 5.11 Å². The second-order valence-corrected chi connectivity index (χ2v) is 7.28. The SMILES string of the molecule is Cc1cccc(CC2(C(=O)O)CCS(=O)(=O)C2)c1. The number of sulfone groups is 1. The number of hydrogen-bond acceptors (Lipinski definition) is 3. The van der Waals surface area contributed by atoms with Crippen molar-refractivity contribution in [3.63, 3.8) is 0 Å². The summed E-state index contributed by atoms with van der Waals surface area (Å²) in [6.45, 7) is 1.93. The zero-order valence-electron chi connectivity index (χ0n) is 10.2. The lowest BCUT2D eigenvalue weighted by molar-refractivity contribution is -0.147. The summed E-state index contributed by atoms with van der Waals surface area (Å²) in [5.41, 5.74) is 0.787. The van der Waals surface area contributed by atoms with Crippen LogP contribution in [0, 0.1) is 12.3 Å². The van der Waals surface area contributed by atoms with E-state index in [4.69, 9.17) is 0 Å². The third-order valence-corrected chi connectivity index (χ3v) is 5.29. The molecular weight excluding hydrogens is 252 g/mol. The van der Waals surface area contributed by atoms with Gasteiger partial charge in [-0.15, -0.1) is 0 Å². The molecule has 0 amide bonds. The van der Waals surface area contributed by atoms with Gasteiger partial charge in [0.05, 0.1) is 16.9 Å². The Labute approximate surface area is 107 Å². The van der Waals surface area contributed by atoms with E-state index < -0.39 is 21.2 Å². The molecule has 18 heavy (non-hydrogen) atoms. The number of rotatable bonds is 3. The molecule has 98 valence electrons. The van der Waals surface area contributed by atoms with Crippen LogP contribution in [0.2, 0.25) is 0 Å². The number of hydrogen-bond donors (Lipinski definition) is 1. The van der Waals surface area contributed by atoms with Crippen LogP contribution in [0.15, 0.2) is 24.3 Å². The van der Waals surface area contributed by atoms with Gasteiger partial charge >= 0.3 is 5.97 Å². The van der Waals surface area contributed by atoms with Gasteiger partial charge in [0.1, 0.15) is 0 Å². The topological polar surface area (TPSA) is 71.4 Å². The summed E-state index contributed by atoms with van der Waals surface area (Å²) in [5.74, 6) is -1.28. The average Bonchev–Trinajstić information content (AvgIpc) is 2.55. The van der Waals surface area contributed by atoms with Crippen molar-refractivity contribution in [2.24, 2.45) is 5.41 Å². The largest absolute Gasteiger partial charge is 0.481 e. The monoisotopic (exact) mass is 268 g/mol. The van der Waals surface area contributed by atoms with Crippen molar-refractivity contribution in [1.82, 2.24) is 0 Å². The normalized spacial score (nSPS) is 26.1. The predicted octanol–water partition coefficient (Wildman–Crippen LogP) is 1.43. The second kappa shape index (κ2) is 4.39. The van der Waals surface area contributed by atoms with Crippen LogP contribution in [0.25, 0.3) is 0 Å². The lowest BCUT2D eigenvalue weighted by atomic mass is 9.81. The second-order valence-electron chi connectivity index (χ2n) is 5.09. The number of carboxylic acid groups (broad SMARTS) is 1. The fraction of sp³-hybridized carbons (Fsp3) is 0.462. The fourth-order valence-corrected chi connectivity index (χ4v) is 4.57. The molecule has 1 saturated heterocycles. The molecule has 1 aromatic rings. The van der Waals surface area contributed by atoms with Crippen molar-refractivity contribution in [3.8, 4) is 0 Å². The van der Waals surface area contributed by atoms with Gasteiger partial charge in [0.15, 0.2) is 9.84 Å². The van der Waals surface area contributed by atoms with Gasteiger partial charge in [0.2, 0.25) is 0 Å². The summed E-state index contributed by atoms with van der Waals surface area (Å²) in [7, 11) is -3.21. The van der Waals surface area contributed by atoms with Crippen LogP contribution in [0.5, 0.6) is 0 Å². The van der Waals surface area contributed by atoms with Crippen LogP contribution in [0.4, 0.5) is 0 Å². The molecule has 2 rings (SSSR count). The molecule has 0 bridgehead atoms. The summed E-state index contributed by atoms with van der Waals surface area (Å²) in [5, 5.41) is 9.36. The maximum atomic E-state index is 11.5. The van der Waals surface area contributed by atoms with Gasteiger partial charge in [-0.2, -0.15) is 0 Å². The number of benzene rings is 1. The number of carbonyl (C=O) groups is 1. The zero-order valence-corrected chi connectivity index (χ0v) is 11.0. The third-order valence-electron chi connectivity index (χ3n) is 3.47. The standard InChI is InChI=1S/C13H16O4S/c1-10-3-2-4-11(7-10)8-13(12(14)15)5-6-18(16,17)9-13/h2-4,7H,5-6,8-9H2,1H3,(H,14,15). The van der Waals surface area contributed by atoms with Crippen LogP contribution in [0.3, 0.4) is 0 Å². The number of aryl methyl sites for hydroxylation is 1. The molecule has 1 aliphatic heterocycles. The first-order chi connectivity index (χ1) is 8.33. The van der Waals surface area contributed by atoms with E-state index in [-0.39, 0.29) is 24.3 Å². The number of carboxylic acids is 1. The lowest BCUT2D eigenvalue weighted by Crippen LogP contribution is -2.34. The molecule has 1 N–H and O–H groups in total.